The summed E-state index contributed by atoms with van der Waals surface area (Å²) in [6.45, 7) is 0.666. The molecule has 0 spiro atoms. The first-order chi connectivity index (χ1) is 14.5. The van der Waals surface area contributed by atoms with Crippen LogP contribution in [-0.2, 0) is 24.8 Å². The lowest BCUT2D eigenvalue weighted by molar-refractivity contribution is -0.123. The van der Waals surface area contributed by atoms with Crippen LogP contribution in [0.4, 0.5) is 0 Å². The minimum absolute atomic E-state index is 0.0389. The highest BCUT2D eigenvalue weighted by atomic mass is 35.5. The van der Waals surface area contributed by atoms with Gasteiger partial charge in [-0.05, 0) is 55.4 Å². The molecule has 158 valence electrons. The molecule has 1 saturated carbocycles. The number of carbonyl (C=O) groups excluding carboxylic acids is 1. The monoisotopic (exact) mass is 427 g/mol. The lowest BCUT2D eigenvalue weighted by atomic mass is 9.79. The van der Waals surface area contributed by atoms with Crippen LogP contribution in [0.3, 0.4) is 0 Å². The Morgan fingerprint density at radius 2 is 2.00 bits per heavy atom. The third kappa shape index (κ3) is 4.01. The number of ether oxygens (including phenoxy) is 1. The van der Waals surface area contributed by atoms with E-state index < -0.39 is 0 Å². The molecule has 0 atom stereocenters. The van der Waals surface area contributed by atoms with E-state index in [1.165, 1.54) is 0 Å². The summed E-state index contributed by atoms with van der Waals surface area (Å²) in [6, 6.07) is 9.32. The number of fused-ring (bicyclic) bond motifs is 1. The number of methoxy groups -OCH3 is 1. The highest BCUT2D eigenvalue weighted by molar-refractivity contribution is 6.35. The molecule has 2 aromatic heterocycles. The fourth-order valence-corrected chi connectivity index (χ4v) is 4.85. The number of benzene rings is 1. The summed E-state index contributed by atoms with van der Waals surface area (Å²) >= 11 is 6.31. The van der Waals surface area contributed by atoms with E-state index in [2.05, 4.69) is 4.98 Å². The van der Waals surface area contributed by atoms with Gasteiger partial charge in [0.15, 0.2) is 0 Å². The van der Waals surface area contributed by atoms with E-state index in [0.717, 1.165) is 42.3 Å². The van der Waals surface area contributed by atoms with Gasteiger partial charge in [-0.2, -0.15) is 0 Å². The Bertz CT molecular complexity index is 1130. The van der Waals surface area contributed by atoms with Gasteiger partial charge in [0.25, 0.3) is 0 Å². The van der Waals surface area contributed by atoms with Crippen molar-refractivity contribution in [1.29, 1.82) is 0 Å². The number of hydrogen-bond acceptors (Lipinski definition) is 4. The second-order valence-corrected chi connectivity index (χ2v) is 8.53. The van der Waals surface area contributed by atoms with Gasteiger partial charge < -0.3 is 4.74 Å². The van der Waals surface area contributed by atoms with Crippen LogP contribution < -0.4 is 10.4 Å². The number of Topliss-reactive ketones (excluding diaryl/α,β-unsaturated/α-hetero) is 1. The number of imidazole rings is 1. The Hall–Kier alpha value is -2.60. The summed E-state index contributed by atoms with van der Waals surface area (Å²) in [5.74, 6) is 1.27. The third-order valence-electron chi connectivity index (χ3n) is 6.24. The maximum Gasteiger partial charge on any atom is 0.328 e. The molecule has 0 N–H and O–H groups in total. The summed E-state index contributed by atoms with van der Waals surface area (Å²) in [7, 11) is 3.33. The molecule has 4 rings (SSSR count). The minimum Gasteiger partial charge on any atom is -0.481 e. The molecule has 0 bridgehead atoms. The fourth-order valence-electron chi connectivity index (χ4n) is 4.55. The normalized spacial score (nSPS) is 19.2. The maximum atomic E-state index is 12.8. The smallest absolute Gasteiger partial charge is 0.328 e. The van der Waals surface area contributed by atoms with Gasteiger partial charge in [0.1, 0.15) is 5.78 Å². The standard InChI is InChI=1S/C23H26ClN3O3/c1-26-22-18(24)4-3-5-19(22)27(23(26)29)14-15-6-8-17(9-7-15)20(28)12-16-10-11-25-21(13-16)30-2/h3-5,10-11,13,15,17H,6-9,12,14H2,1-2H3. The van der Waals surface area contributed by atoms with E-state index in [1.807, 2.05) is 34.9 Å². The van der Waals surface area contributed by atoms with Crippen molar-refractivity contribution >= 4 is 28.4 Å². The number of pyridine rings is 1. The molecule has 1 aliphatic carbocycles. The van der Waals surface area contributed by atoms with Crippen molar-refractivity contribution in [3.63, 3.8) is 0 Å². The zero-order valence-corrected chi connectivity index (χ0v) is 18.1. The number of carbonyl (C=O) groups is 1. The van der Waals surface area contributed by atoms with E-state index in [4.69, 9.17) is 16.3 Å². The Kier molecular flexibility index (Phi) is 5.95. The molecule has 0 saturated heterocycles. The van der Waals surface area contributed by atoms with Crippen LogP contribution in [0.5, 0.6) is 5.88 Å². The van der Waals surface area contributed by atoms with Crippen molar-refractivity contribution in [1.82, 2.24) is 14.1 Å². The highest BCUT2D eigenvalue weighted by Gasteiger charge is 2.27. The Balaban J connectivity index is 1.40. The Morgan fingerprint density at radius 1 is 1.23 bits per heavy atom. The first kappa shape index (κ1) is 20.7. The summed E-state index contributed by atoms with van der Waals surface area (Å²) in [4.78, 5) is 29.6. The zero-order valence-electron chi connectivity index (χ0n) is 17.3. The number of hydrogen-bond donors (Lipinski definition) is 0. The second kappa shape index (κ2) is 8.64. The van der Waals surface area contributed by atoms with Gasteiger partial charge in [-0.15, -0.1) is 0 Å². The van der Waals surface area contributed by atoms with Gasteiger partial charge >= 0.3 is 5.69 Å². The first-order valence-corrected chi connectivity index (χ1v) is 10.7. The molecule has 3 aromatic rings. The number of halogens is 1. The van der Waals surface area contributed by atoms with Crippen molar-refractivity contribution in [3.05, 3.63) is 57.6 Å². The van der Waals surface area contributed by atoms with Crippen LogP contribution in [0, 0.1) is 11.8 Å². The Labute approximate surface area is 180 Å². The minimum atomic E-state index is -0.0389. The largest absolute Gasteiger partial charge is 0.481 e. The molecular formula is C23H26ClN3O3. The second-order valence-electron chi connectivity index (χ2n) is 8.13. The zero-order chi connectivity index (χ0) is 21.3. The average Bonchev–Trinajstić information content (AvgIpc) is 3.00. The molecule has 0 unspecified atom stereocenters. The van der Waals surface area contributed by atoms with Crippen molar-refractivity contribution in [2.45, 2.75) is 38.6 Å². The Morgan fingerprint density at radius 3 is 2.73 bits per heavy atom. The molecule has 0 aliphatic heterocycles. The number of rotatable bonds is 6. The van der Waals surface area contributed by atoms with Gasteiger partial charge in [-0.25, -0.2) is 9.78 Å². The van der Waals surface area contributed by atoms with E-state index in [9.17, 15) is 9.59 Å². The average molecular weight is 428 g/mol. The van der Waals surface area contributed by atoms with Gasteiger partial charge in [-0.3, -0.25) is 13.9 Å². The molecule has 7 heteroatoms. The molecule has 6 nitrogen and oxygen atoms in total. The molecule has 2 heterocycles. The molecule has 1 aromatic carbocycles. The van der Waals surface area contributed by atoms with E-state index in [-0.39, 0.29) is 17.4 Å². The highest BCUT2D eigenvalue weighted by Crippen LogP contribution is 2.32. The quantitative estimate of drug-likeness (QED) is 0.596. The van der Waals surface area contributed by atoms with Crippen molar-refractivity contribution in [3.8, 4) is 5.88 Å². The maximum absolute atomic E-state index is 12.8. The number of aromatic nitrogens is 3. The van der Waals surface area contributed by atoms with E-state index in [1.54, 1.807) is 24.9 Å². The van der Waals surface area contributed by atoms with E-state index in [0.29, 0.717) is 29.8 Å². The van der Waals surface area contributed by atoms with Crippen LogP contribution in [-0.4, -0.2) is 27.0 Å². The van der Waals surface area contributed by atoms with Crippen LogP contribution >= 0.6 is 11.6 Å². The lowest BCUT2D eigenvalue weighted by Crippen LogP contribution is -2.29. The number of para-hydroxylation sites is 1. The molecular weight excluding hydrogens is 402 g/mol. The van der Waals surface area contributed by atoms with Crippen molar-refractivity contribution < 1.29 is 9.53 Å². The summed E-state index contributed by atoms with van der Waals surface area (Å²) in [5.41, 5.74) is 2.55. The van der Waals surface area contributed by atoms with Gasteiger partial charge in [0.05, 0.1) is 23.2 Å². The lowest BCUT2D eigenvalue weighted by Gasteiger charge is -2.28. The van der Waals surface area contributed by atoms with E-state index >= 15 is 0 Å². The van der Waals surface area contributed by atoms with Crippen LogP contribution in [0.2, 0.25) is 5.02 Å². The molecule has 0 radical (unpaired) electrons. The first-order valence-electron chi connectivity index (χ1n) is 10.3. The van der Waals surface area contributed by atoms with Crippen LogP contribution in [0.15, 0.2) is 41.3 Å². The summed E-state index contributed by atoms with van der Waals surface area (Å²) in [5, 5.41) is 0.591. The van der Waals surface area contributed by atoms with Gasteiger partial charge in [0, 0.05) is 38.2 Å². The topological polar surface area (TPSA) is 66.1 Å². The van der Waals surface area contributed by atoms with Crippen LogP contribution in [0.1, 0.15) is 31.2 Å². The van der Waals surface area contributed by atoms with Crippen LogP contribution in [0.25, 0.3) is 11.0 Å². The number of ketones is 1. The molecule has 1 fully saturated rings. The SMILES string of the molecule is COc1cc(CC(=O)C2CCC(Cn3c(=O)n(C)c4c(Cl)cccc43)CC2)ccn1. The summed E-state index contributed by atoms with van der Waals surface area (Å²) in [6.07, 6.45) is 5.71. The number of nitrogens with zero attached hydrogens (tertiary/aromatic N) is 3. The number of aryl methyl sites for hydroxylation is 1. The molecule has 1 aliphatic rings. The predicted octanol–water partition coefficient (Wildman–Crippen LogP) is 4.02. The third-order valence-corrected chi connectivity index (χ3v) is 6.54. The summed E-state index contributed by atoms with van der Waals surface area (Å²) < 4.78 is 8.59. The molecule has 0 amide bonds. The molecule has 30 heavy (non-hydrogen) atoms. The predicted molar refractivity (Wildman–Crippen MR) is 117 cm³/mol. The fraction of sp³-hybridized carbons (Fsp3) is 0.435. The van der Waals surface area contributed by atoms with Crippen molar-refractivity contribution in [2.75, 3.05) is 7.11 Å². The van der Waals surface area contributed by atoms with Gasteiger partial charge in [0.2, 0.25) is 5.88 Å². The van der Waals surface area contributed by atoms with Crippen molar-refractivity contribution in [2.24, 2.45) is 18.9 Å². The van der Waals surface area contributed by atoms with Gasteiger partial charge in [-0.1, -0.05) is 17.7 Å².